The number of halogens is 1. The van der Waals surface area contributed by atoms with Crippen molar-refractivity contribution in [3.63, 3.8) is 0 Å². The van der Waals surface area contributed by atoms with Crippen LogP contribution in [0.2, 0.25) is 0 Å². The Labute approximate surface area is 146 Å². The molecule has 0 aliphatic carbocycles. The number of aliphatic hydroxyl groups excluding tert-OH is 1. The third-order valence-corrected chi connectivity index (χ3v) is 4.68. The standard InChI is InChI=1S/C18H23FN4O2/c1-12-5-6-15(14(19)10-12)21-18(25)23-8-3-4-13(11-23)16(24)17-20-7-9-22(17)2/h5-7,9-10,13,16,24H,3-4,8,11H2,1-2H3,(H,21,25). The molecular weight excluding hydrogens is 323 g/mol. The summed E-state index contributed by atoms with van der Waals surface area (Å²) < 4.78 is 15.7. The molecule has 3 rings (SSSR count). The van der Waals surface area contributed by atoms with Crippen molar-refractivity contribution in [2.75, 3.05) is 18.4 Å². The number of nitrogens with one attached hydrogen (secondary N) is 1. The highest BCUT2D eigenvalue weighted by atomic mass is 19.1. The molecule has 1 aliphatic rings. The van der Waals surface area contributed by atoms with E-state index in [9.17, 15) is 14.3 Å². The highest BCUT2D eigenvalue weighted by Gasteiger charge is 2.31. The van der Waals surface area contributed by atoms with E-state index in [1.807, 2.05) is 7.05 Å². The predicted octanol–water partition coefficient (Wildman–Crippen LogP) is 2.85. The zero-order valence-corrected chi connectivity index (χ0v) is 14.4. The van der Waals surface area contributed by atoms with Gasteiger partial charge in [-0.15, -0.1) is 0 Å². The summed E-state index contributed by atoms with van der Waals surface area (Å²) >= 11 is 0. The molecule has 2 unspecified atom stereocenters. The molecule has 0 bridgehead atoms. The van der Waals surface area contributed by atoms with Crippen LogP contribution in [0.5, 0.6) is 0 Å². The fourth-order valence-electron chi connectivity index (χ4n) is 3.24. The van der Waals surface area contributed by atoms with Crippen LogP contribution in [0.4, 0.5) is 14.9 Å². The maximum Gasteiger partial charge on any atom is 0.321 e. The quantitative estimate of drug-likeness (QED) is 0.898. The van der Waals surface area contributed by atoms with Gasteiger partial charge in [0, 0.05) is 38.4 Å². The van der Waals surface area contributed by atoms with Crippen LogP contribution < -0.4 is 5.32 Å². The Kier molecular flexibility index (Phi) is 5.03. The fourth-order valence-corrected chi connectivity index (χ4v) is 3.24. The Hall–Kier alpha value is -2.41. The first kappa shape index (κ1) is 17.4. The summed E-state index contributed by atoms with van der Waals surface area (Å²) in [5.74, 6) is 0.0512. The third kappa shape index (κ3) is 3.82. The van der Waals surface area contributed by atoms with Crippen molar-refractivity contribution in [2.45, 2.75) is 25.9 Å². The van der Waals surface area contributed by atoms with Crippen molar-refractivity contribution in [1.82, 2.24) is 14.5 Å². The molecule has 2 atom stereocenters. The van der Waals surface area contributed by atoms with E-state index < -0.39 is 11.9 Å². The number of rotatable bonds is 3. The molecule has 2 heterocycles. The summed E-state index contributed by atoms with van der Waals surface area (Å²) in [5, 5.41) is 13.2. The second kappa shape index (κ2) is 7.23. The Morgan fingerprint density at radius 3 is 2.96 bits per heavy atom. The molecule has 6 nitrogen and oxygen atoms in total. The van der Waals surface area contributed by atoms with E-state index in [1.54, 1.807) is 40.9 Å². The zero-order valence-electron chi connectivity index (χ0n) is 14.4. The van der Waals surface area contributed by atoms with Crippen molar-refractivity contribution in [3.8, 4) is 0 Å². The molecule has 25 heavy (non-hydrogen) atoms. The fraction of sp³-hybridized carbons (Fsp3) is 0.444. The molecule has 1 saturated heterocycles. The molecular formula is C18H23FN4O2. The van der Waals surface area contributed by atoms with Crippen LogP contribution in [0.15, 0.2) is 30.6 Å². The van der Waals surface area contributed by atoms with Gasteiger partial charge in [0.25, 0.3) is 0 Å². The van der Waals surface area contributed by atoms with Gasteiger partial charge in [0.15, 0.2) is 0 Å². The number of amides is 2. The molecule has 134 valence electrons. The van der Waals surface area contributed by atoms with E-state index in [-0.39, 0.29) is 17.6 Å². The minimum atomic E-state index is -0.730. The number of likely N-dealkylation sites (tertiary alicyclic amines) is 1. The van der Waals surface area contributed by atoms with Crippen molar-refractivity contribution in [1.29, 1.82) is 0 Å². The molecule has 1 aromatic carbocycles. The number of aliphatic hydroxyl groups is 1. The van der Waals surface area contributed by atoms with Crippen molar-refractivity contribution in [2.24, 2.45) is 13.0 Å². The second-order valence-electron chi connectivity index (χ2n) is 6.60. The van der Waals surface area contributed by atoms with Crippen molar-refractivity contribution < 1.29 is 14.3 Å². The van der Waals surface area contributed by atoms with Gasteiger partial charge in [-0.05, 0) is 37.5 Å². The molecule has 2 aromatic rings. The average molecular weight is 346 g/mol. The van der Waals surface area contributed by atoms with E-state index in [4.69, 9.17) is 0 Å². The number of hydrogen-bond acceptors (Lipinski definition) is 3. The monoisotopic (exact) mass is 346 g/mol. The molecule has 1 aliphatic heterocycles. The molecule has 7 heteroatoms. The maximum atomic E-state index is 13.9. The topological polar surface area (TPSA) is 70.4 Å². The average Bonchev–Trinajstić information content (AvgIpc) is 3.02. The van der Waals surface area contributed by atoms with Crippen molar-refractivity contribution in [3.05, 3.63) is 47.8 Å². The smallest absolute Gasteiger partial charge is 0.321 e. The van der Waals surface area contributed by atoms with Gasteiger partial charge in [-0.3, -0.25) is 0 Å². The number of piperidine rings is 1. The Morgan fingerprint density at radius 1 is 1.48 bits per heavy atom. The number of anilines is 1. The van der Waals surface area contributed by atoms with E-state index in [0.717, 1.165) is 18.4 Å². The Morgan fingerprint density at radius 2 is 2.28 bits per heavy atom. The number of imidazole rings is 1. The maximum absolute atomic E-state index is 13.9. The molecule has 1 fully saturated rings. The predicted molar refractivity (Wildman–Crippen MR) is 92.6 cm³/mol. The lowest BCUT2D eigenvalue weighted by molar-refractivity contribution is 0.0552. The molecule has 0 saturated carbocycles. The lowest BCUT2D eigenvalue weighted by Crippen LogP contribution is -2.44. The normalized spacial score (nSPS) is 18.9. The number of aromatic nitrogens is 2. The minimum absolute atomic E-state index is 0.0940. The van der Waals surface area contributed by atoms with Crippen LogP contribution in [0.3, 0.4) is 0 Å². The van der Waals surface area contributed by atoms with Crippen LogP contribution in [0, 0.1) is 18.7 Å². The minimum Gasteiger partial charge on any atom is -0.385 e. The largest absolute Gasteiger partial charge is 0.385 e. The van der Waals surface area contributed by atoms with Gasteiger partial charge in [-0.1, -0.05) is 6.07 Å². The van der Waals surface area contributed by atoms with Gasteiger partial charge in [0.2, 0.25) is 0 Å². The number of hydrogen-bond donors (Lipinski definition) is 2. The zero-order chi connectivity index (χ0) is 18.0. The van der Waals surface area contributed by atoms with Crippen LogP contribution in [0.25, 0.3) is 0 Å². The molecule has 2 N–H and O–H groups in total. The Balaban J connectivity index is 1.66. The number of carbonyl (C=O) groups is 1. The number of carbonyl (C=O) groups excluding carboxylic acids is 1. The first-order valence-electron chi connectivity index (χ1n) is 8.43. The highest BCUT2D eigenvalue weighted by molar-refractivity contribution is 5.89. The molecule has 0 spiro atoms. The number of nitrogens with zero attached hydrogens (tertiary/aromatic N) is 3. The molecule has 1 aromatic heterocycles. The Bertz CT molecular complexity index is 761. The second-order valence-corrected chi connectivity index (χ2v) is 6.60. The SMILES string of the molecule is Cc1ccc(NC(=O)N2CCCC(C(O)c3nccn3C)C2)c(F)c1. The van der Waals surface area contributed by atoms with Crippen LogP contribution in [0.1, 0.15) is 30.3 Å². The number of benzene rings is 1. The van der Waals surface area contributed by atoms with E-state index in [2.05, 4.69) is 10.3 Å². The summed E-state index contributed by atoms with van der Waals surface area (Å²) in [5.41, 5.74) is 0.967. The van der Waals surface area contributed by atoms with E-state index in [1.165, 1.54) is 6.07 Å². The highest BCUT2D eigenvalue weighted by Crippen LogP contribution is 2.29. The lowest BCUT2D eigenvalue weighted by Gasteiger charge is -2.34. The van der Waals surface area contributed by atoms with Crippen LogP contribution in [-0.4, -0.2) is 38.7 Å². The third-order valence-electron chi connectivity index (χ3n) is 4.68. The molecule has 2 amide bonds. The number of urea groups is 1. The summed E-state index contributed by atoms with van der Waals surface area (Å²) in [6.07, 6.45) is 4.30. The summed E-state index contributed by atoms with van der Waals surface area (Å²) in [6.45, 7) is 2.79. The lowest BCUT2D eigenvalue weighted by atomic mass is 9.92. The van der Waals surface area contributed by atoms with Gasteiger partial charge in [-0.25, -0.2) is 14.2 Å². The van der Waals surface area contributed by atoms with Gasteiger partial charge in [0.1, 0.15) is 17.7 Å². The number of aryl methyl sites for hydroxylation is 2. The summed E-state index contributed by atoms with van der Waals surface area (Å²) in [6, 6.07) is 4.36. The van der Waals surface area contributed by atoms with Gasteiger partial charge >= 0.3 is 6.03 Å². The van der Waals surface area contributed by atoms with Crippen LogP contribution in [-0.2, 0) is 7.05 Å². The van der Waals surface area contributed by atoms with Crippen molar-refractivity contribution >= 4 is 11.7 Å². The summed E-state index contributed by atoms with van der Waals surface area (Å²) in [4.78, 5) is 18.3. The first-order valence-corrected chi connectivity index (χ1v) is 8.43. The van der Waals surface area contributed by atoms with Gasteiger partial charge in [0.05, 0.1) is 5.69 Å². The van der Waals surface area contributed by atoms with E-state index >= 15 is 0 Å². The van der Waals surface area contributed by atoms with Gasteiger partial charge in [-0.2, -0.15) is 0 Å². The van der Waals surface area contributed by atoms with Gasteiger partial charge < -0.3 is 19.9 Å². The summed E-state index contributed by atoms with van der Waals surface area (Å²) in [7, 11) is 1.83. The van der Waals surface area contributed by atoms with Crippen LogP contribution >= 0.6 is 0 Å². The first-order chi connectivity index (χ1) is 12.0. The molecule has 0 radical (unpaired) electrons. The van der Waals surface area contributed by atoms with E-state index in [0.29, 0.717) is 18.9 Å².